The van der Waals surface area contributed by atoms with Crippen LogP contribution in [-0.4, -0.2) is 18.7 Å². The second kappa shape index (κ2) is 6.45. The summed E-state index contributed by atoms with van der Waals surface area (Å²) in [7, 11) is 0. The van der Waals surface area contributed by atoms with E-state index < -0.39 is 0 Å². The minimum absolute atomic E-state index is 0.104. The number of nitrogens with two attached hydrogens (primary N) is 1. The Kier molecular flexibility index (Phi) is 4.65. The van der Waals surface area contributed by atoms with Crippen molar-refractivity contribution in [2.24, 2.45) is 5.73 Å². The van der Waals surface area contributed by atoms with Crippen LogP contribution >= 0.6 is 11.3 Å². The van der Waals surface area contributed by atoms with Gasteiger partial charge >= 0.3 is 0 Å². The third-order valence-electron chi connectivity index (χ3n) is 3.19. The van der Waals surface area contributed by atoms with Crippen molar-refractivity contribution in [1.82, 2.24) is 0 Å². The lowest BCUT2D eigenvalue weighted by Gasteiger charge is -2.14. The molecule has 1 atom stereocenters. The normalized spacial score (nSPS) is 11.9. The fourth-order valence-corrected chi connectivity index (χ4v) is 2.73. The number of thiophene rings is 1. The van der Waals surface area contributed by atoms with Crippen molar-refractivity contribution in [3.05, 3.63) is 51.7 Å². The molecule has 0 aliphatic heterocycles. The van der Waals surface area contributed by atoms with Gasteiger partial charge in [0.15, 0.2) is 0 Å². The Morgan fingerprint density at radius 2 is 2.30 bits per heavy atom. The maximum atomic E-state index is 12.3. The minimum Gasteiger partial charge on any atom is -0.329 e. The Morgan fingerprint density at radius 3 is 2.85 bits per heavy atom. The van der Waals surface area contributed by atoms with E-state index in [9.17, 15) is 4.79 Å². The van der Waals surface area contributed by atoms with E-state index >= 15 is 0 Å². The van der Waals surface area contributed by atoms with Crippen LogP contribution in [0.5, 0.6) is 0 Å². The molecule has 2 rings (SSSR count). The van der Waals surface area contributed by atoms with Crippen LogP contribution < -0.4 is 11.1 Å². The van der Waals surface area contributed by atoms with E-state index in [0.29, 0.717) is 0 Å². The number of carbonyl (C=O) groups excluding carboxylic acids is 1. The van der Waals surface area contributed by atoms with Crippen molar-refractivity contribution in [2.45, 2.75) is 12.8 Å². The van der Waals surface area contributed by atoms with Crippen molar-refractivity contribution < 1.29 is 4.79 Å². The zero-order valence-corrected chi connectivity index (χ0v) is 12.0. The molecular weight excluding hydrogens is 270 g/mol. The molecule has 0 saturated carbocycles. The van der Waals surface area contributed by atoms with Crippen molar-refractivity contribution in [1.29, 1.82) is 5.41 Å². The number of anilines is 1. The van der Waals surface area contributed by atoms with E-state index in [1.165, 1.54) is 6.21 Å². The highest BCUT2D eigenvalue weighted by Gasteiger charge is 2.19. The molecule has 0 spiro atoms. The Labute approximate surface area is 122 Å². The zero-order chi connectivity index (χ0) is 14.5. The molecular formula is C15H17N3OS. The second-order valence-corrected chi connectivity index (χ2v) is 5.33. The van der Waals surface area contributed by atoms with E-state index in [1.54, 1.807) is 17.4 Å². The van der Waals surface area contributed by atoms with E-state index in [4.69, 9.17) is 11.1 Å². The van der Waals surface area contributed by atoms with Gasteiger partial charge in [-0.1, -0.05) is 6.07 Å². The second-order valence-electron chi connectivity index (χ2n) is 4.55. The number of aryl methyl sites for hydroxylation is 1. The average molecular weight is 287 g/mol. The first-order valence-electron chi connectivity index (χ1n) is 6.30. The highest BCUT2D eigenvalue weighted by Crippen LogP contribution is 2.21. The summed E-state index contributed by atoms with van der Waals surface area (Å²) in [6, 6.07) is 7.40. The smallest absolute Gasteiger partial charge is 0.233 e. The van der Waals surface area contributed by atoms with Crippen LogP contribution in [0.4, 0.5) is 5.69 Å². The maximum Gasteiger partial charge on any atom is 0.233 e. The number of rotatable bonds is 5. The number of hydrogen-bond acceptors (Lipinski definition) is 4. The van der Waals surface area contributed by atoms with Gasteiger partial charge in [-0.3, -0.25) is 4.79 Å². The van der Waals surface area contributed by atoms with Crippen LogP contribution in [0.2, 0.25) is 0 Å². The molecule has 0 aliphatic rings. The lowest BCUT2D eigenvalue weighted by molar-refractivity contribution is -0.117. The summed E-state index contributed by atoms with van der Waals surface area (Å²) in [5.41, 5.74) is 9.18. The summed E-state index contributed by atoms with van der Waals surface area (Å²) in [4.78, 5) is 12.3. The molecule has 2 aromatic rings. The predicted octanol–water partition coefficient (Wildman–Crippen LogP) is 2.74. The molecule has 1 amide bonds. The molecule has 104 valence electrons. The van der Waals surface area contributed by atoms with Gasteiger partial charge in [-0.2, -0.15) is 11.3 Å². The largest absolute Gasteiger partial charge is 0.329 e. The van der Waals surface area contributed by atoms with E-state index in [0.717, 1.165) is 22.4 Å². The van der Waals surface area contributed by atoms with Crippen LogP contribution in [0, 0.1) is 12.3 Å². The molecule has 1 aromatic heterocycles. The number of amides is 1. The summed E-state index contributed by atoms with van der Waals surface area (Å²) >= 11 is 1.55. The van der Waals surface area contributed by atoms with Gasteiger partial charge in [-0.15, -0.1) is 0 Å². The summed E-state index contributed by atoms with van der Waals surface area (Å²) in [6.07, 6.45) is 1.30. The Hall–Kier alpha value is -1.98. The molecule has 1 unspecified atom stereocenters. The maximum absolute atomic E-state index is 12.3. The third kappa shape index (κ3) is 3.12. The van der Waals surface area contributed by atoms with Gasteiger partial charge in [0.05, 0.1) is 5.92 Å². The fourth-order valence-electron chi connectivity index (χ4n) is 2.01. The molecule has 0 bridgehead atoms. The SMILES string of the molecule is Cc1cc(NC(=O)C(CN)c2ccsc2)ccc1C=N. The third-order valence-corrected chi connectivity index (χ3v) is 3.89. The van der Waals surface area contributed by atoms with Crippen molar-refractivity contribution in [3.8, 4) is 0 Å². The molecule has 0 saturated heterocycles. The van der Waals surface area contributed by atoms with E-state index in [2.05, 4.69) is 5.32 Å². The summed E-state index contributed by atoms with van der Waals surface area (Å²) in [6.45, 7) is 2.19. The van der Waals surface area contributed by atoms with E-state index in [-0.39, 0.29) is 18.4 Å². The molecule has 5 heteroatoms. The standard InChI is InChI=1S/C15H17N3OS/c1-10-6-13(3-2-11(10)7-16)18-15(19)14(8-17)12-4-5-20-9-12/h2-7,9,14,16H,8,17H2,1H3,(H,18,19). The molecule has 1 heterocycles. The van der Waals surface area contributed by atoms with Gasteiger partial charge in [0.1, 0.15) is 0 Å². The summed E-state index contributed by atoms with van der Waals surface area (Å²) in [5, 5.41) is 14.0. The topological polar surface area (TPSA) is 79.0 Å². The molecule has 0 aliphatic carbocycles. The van der Waals surface area contributed by atoms with Crippen molar-refractivity contribution >= 4 is 29.1 Å². The van der Waals surface area contributed by atoms with Crippen LogP contribution in [0.1, 0.15) is 22.6 Å². The Morgan fingerprint density at radius 1 is 1.50 bits per heavy atom. The monoisotopic (exact) mass is 287 g/mol. The quantitative estimate of drug-likeness (QED) is 0.739. The number of hydrogen-bond donors (Lipinski definition) is 3. The first kappa shape index (κ1) is 14.4. The molecule has 20 heavy (non-hydrogen) atoms. The predicted molar refractivity (Wildman–Crippen MR) is 83.8 cm³/mol. The van der Waals surface area contributed by atoms with Crippen LogP contribution in [-0.2, 0) is 4.79 Å². The molecule has 0 radical (unpaired) electrons. The molecule has 0 fully saturated rings. The van der Waals surface area contributed by atoms with Gasteiger partial charge in [0.2, 0.25) is 5.91 Å². The fraction of sp³-hybridized carbons (Fsp3) is 0.200. The van der Waals surface area contributed by atoms with Gasteiger partial charge < -0.3 is 16.5 Å². The van der Waals surface area contributed by atoms with Crippen LogP contribution in [0.25, 0.3) is 0 Å². The Balaban J connectivity index is 2.14. The van der Waals surface area contributed by atoms with Crippen LogP contribution in [0.15, 0.2) is 35.0 Å². The van der Waals surface area contributed by atoms with Gasteiger partial charge in [-0.25, -0.2) is 0 Å². The first-order chi connectivity index (χ1) is 9.65. The highest BCUT2D eigenvalue weighted by atomic mass is 32.1. The average Bonchev–Trinajstić information content (AvgIpc) is 2.93. The summed E-state index contributed by atoms with van der Waals surface area (Å²) in [5.74, 6) is -0.433. The molecule has 1 aromatic carbocycles. The minimum atomic E-state index is -0.330. The van der Waals surface area contributed by atoms with Crippen molar-refractivity contribution in [2.75, 3.05) is 11.9 Å². The van der Waals surface area contributed by atoms with Crippen molar-refractivity contribution in [3.63, 3.8) is 0 Å². The summed E-state index contributed by atoms with van der Waals surface area (Å²) < 4.78 is 0. The van der Waals surface area contributed by atoms with Crippen LogP contribution in [0.3, 0.4) is 0 Å². The first-order valence-corrected chi connectivity index (χ1v) is 7.24. The lowest BCUT2D eigenvalue weighted by Crippen LogP contribution is -2.27. The van der Waals surface area contributed by atoms with E-state index in [1.807, 2.05) is 35.9 Å². The zero-order valence-electron chi connectivity index (χ0n) is 11.2. The van der Waals surface area contributed by atoms with Gasteiger partial charge in [0.25, 0.3) is 0 Å². The highest BCUT2D eigenvalue weighted by molar-refractivity contribution is 7.08. The number of benzene rings is 1. The van der Waals surface area contributed by atoms with Gasteiger partial charge in [-0.05, 0) is 52.6 Å². The Bertz CT molecular complexity index is 608. The number of carbonyl (C=O) groups is 1. The molecule has 4 N–H and O–H groups in total. The number of nitrogens with one attached hydrogen (secondary N) is 2. The van der Waals surface area contributed by atoms with Gasteiger partial charge in [0, 0.05) is 18.4 Å². The molecule has 4 nitrogen and oxygen atoms in total. The lowest BCUT2D eigenvalue weighted by atomic mass is 10.0.